The second-order valence-electron chi connectivity index (χ2n) is 5.01. The highest BCUT2D eigenvalue weighted by atomic mass is 32.2. The molecule has 4 rings (SSSR count). The quantitative estimate of drug-likeness (QED) is 0.669. The van der Waals surface area contributed by atoms with Crippen LogP contribution in [0.3, 0.4) is 0 Å². The van der Waals surface area contributed by atoms with Gasteiger partial charge in [-0.15, -0.1) is 0 Å². The van der Waals surface area contributed by atoms with Gasteiger partial charge in [0.1, 0.15) is 0 Å². The van der Waals surface area contributed by atoms with E-state index in [0.717, 1.165) is 0 Å². The van der Waals surface area contributed by atoms with Crippen molar-refractivity contribution >= 4 is 16.7 Å². The molecule has 0 saturated heterocycles. The van der Waals surface area contributed by atoms with Crippen LogP contribution in [-0.4, -0.2) is 0 Å². The fourth-order valence-electron chi connectivity index (χ4n) is 2.84. The average Bonchev–Trinajstić information content (AvgIpc) is 2.55. The maximum atomic E-state index is 2.30. The molecule has 2 aromatic rings. The molecule has 2 aromatic carbocycles. The second-order valence-corrected chi connectivity index (χ2v) is 6.06. The molecular weight excluding hydrogens is 260 g/mol. The fraction of sp³-hybridized carbons (Fsp3) is 0.0526. The molecule has 0 radical (unpaired) electrons. The Hall–Kier alpha value is -1.99. The summed E-state index contributed by atoms with van der Waals surface area (Å²) in [7, 11) is 0. The first kappa shape index (κ1) is 11.8. The third-order valence-corrected chi connectivity index (χ3v) is 5.06. The molecule has 2 aliphatic rings. The van der Waals surface area contributed by atoms with Crippen molar-refractivity contribution in [2.45, 2.75) is 10.8 Å². The Bertz CT molecular complexity index is 735. The molecule has 0 bridgehead atoms. The van der Waals surface area contributed by atoms with E-state index in [9.17, 15) is 0 Å². The molecule has 0 saturated carbocycles. The smallest absolute Gasteiger partial charge is 0.0295 e. The average molecular weight is 274 g/mol. The molecule has 0 amide bonds. The van der Waals surface area contributed by atoms with Crippen LogP contribution in [0, 0.1) is 0 Å². The summed E-state index contributed by atoms with van der Waals surface area (Å²) in [6.07, 6.45) is 8.86. The molecule has 0 aromatic heterocycles. The zero-order chi connectivity index (χ0) is 13.4. The predicted molar refractivity (Wildman–Crippen MR) is 86.7 cm³/mol. The molecule has 0 fully saturated rings. The lowest BCUT2D eigenvalue weighted by Gasteiger charge is -2.28. The first-order valence-electron chi connectivity index (χ1n) is 6.85. The Labute approximate surface area is 123 Å². The van der Waals surface area contributed by atoms with E-state index in [1.807, 2.05) is 11.8 Å². The van der Waals surface area contributed by atoms with E-state index in [1.54, 1.807) is 0 Å². The van der Waals surface area contributed by atoms with Crippen molar-refractivity contribution < 1.29 is 0 Å². The molecule has 0 nitrogen and oxygen atoms in total. The third-order valence-electron chi connectivity index (χ3n) is 3.79. The number of hydrogen-bond acceptors (Lipinski definition) is 1. The van der Waals surface area contributed by atoms with Crippen molar-refractivity contribution in [2.24, 2.45) is 0 Å². The van der Waals surface area contributed by atoms with E-state index in [-0.39, 0.29) is 0 Å². The van der Waals surface area contributed by atoms with Crippen molar-refractivity contribution in [1.29, 1.82) is 0 Å². The molecule has 1 aliphatic heterocycles. The standard InChI is InChI=1S/C19H14S/c1-2-8-14(9-3-1)19-17-12-5-4-10-15(17)16-11-6-7-13-18(16)20-19/h1-13,15H. The molecule has 96 valence electrons. The highest BCUT2D eigenvalue weighted by Crippen LogP contribution is 2.50. The number of fused-ring (bicyclic) bond motifs is 3. The summed E-state index contributed by atoms with van der Waals surface area (Å²) in [5.74, 6) is 0.396. The van der Waals surface area contributed by atoms with Crippen LogP contribution in [-0.2, 0) is 0 Å². The Morgan fingerprint density at radius 3 is 2.50 bits per heavy atom. The first-order chi connectivity index (χ1) is 9.93. The normalized spacial score (nSPS) is 19.7. The lowest BCUT2D eigenvalue weighted by atomic mass is 9.86. The third kappa shape index (κ3) is 1.86. The van der Waals surface area contributed by atoms with E-state index in [1.165, 1.54) is 26.5 Å². The van der Waals surface area contributed by atoms with Crippen LogP contribution in [0.2, 0.25) is 0 Å². The largest absolute Gasteiger partial charge is 0.0888 e. The minimum Gasteiger partial charge on any atom is -0.0888 e. The Kier molecular flexibility index (Phi) is 2.86. The first-order valence-corrected chi connectivity index (χ1v) is 7.66. The van der Waals surface area contributed by atoms with E-state index in [0.29, 0.717) is 5.92 Å². The molecule has 1 unspecified atom stereocenters. The lowest BCUT2D eigenvalue weighted by Crippen LogP contribution is -2.08. The van der Waals surface area contributed by atoms with Crippen LogP contribution in [0.1, 0.15) is 17.0 Å². The van der Waals surface area contributed by atoms with Gasteiger partial charge in [-0.05, 0) is 22.8 Å². The minimum absolute atomic E-state index is 0.396. The van der Waals surface area contributed by atoms with Crippen LogP contribution in [0.25, 0.3) is 4.91 Å². The topological polar surface area (TPSA) is 0 Å². The molecule has 20 heavy (non-hydrogen) atoms. The summed E-state index contributed by atoms with van der Waals surface area (Å²) >= 11 is 1.89. The summed E-state index contributed by atoms with van der Waals surface area (Å²) < 4.78 is 0. The maximum absolute atomic E-state index is 2.30. The Morgan fingerprint density at radius 2 is 1.60 bits per heavy atom. The highest BCUT2D eigenvalue weighted by molar-refractivity contribution is 8.08. The van der Waals surface area contributed by atoms with Crippen LogP contribution >= 0.6 is 11.8 Å². The zero-order valence-electron chi connectivity index (χ0n) is 11.0. The summed E-state index contributed by atoms with van der Waals surface area (Å²) in [4.78, 5) is 2.76. The fourth-order valence-corrected chi connectivity index (χ4v) is 4.09. The number of benzene rings is 2. The minimum atomic E-state index is 0.396. The van der Waals surface area contributed by atoms with Gasteiger partial charge in [-0.3, -0.25) is 0 Å². The summed E-state index contributed by atoms with van der Waals surface area (Å²) in [5, 5.41) is 0. The SMILES string of the molecule is C1=CC2=C(c3ccccc3)Sc3ccccc3C2C=C1. The van der Waals surface area contributed by atoms with Gasteiger partial charge in [0, 0.05) is 15.7 Å². The van der Waals surface area contributed by atoms with Crippen molar-refractivity contribution in [3.05, 3.63) is 95.6 Å². The summed E-state index contributed by atoms with van der Waals surface area (Å²) in [5.41, 5.74) is 4.15. The monoisotopic (exact) mass is 274 g/mol. The van der Waals surface area contributed by atoms with Gasteiger partial charge in [-0.1, -0.05) is 84.6 Å². The van der Waals surface area contributed by atoms with Gasteiger partial charge in [0.05, 0.1) is 0 Å². The van der Waals surface area contributed by atoms with Crippen LogP contribution in [0.15, 0.2) is 89.4 Å². The molecule has 0 N–H and O–H groups in total. The molecule has 1 heterocycles. The van der Waals surface area contributed by atoms with Crippen molar-refractivity contribution in [2.75, 3.05) is 0 Å². The highest BCUT2D eigenvalue weighted by Gasteiger charge is 2.26. The van der Waals surface area contributed by atoms with Gasteiger partial charge in [-0.2, -0.15) is 0 Å². The Morgan fingerprint density at radius 1 is 0.800 bits per heavy atom. The second kappa shape index (κ2) is 4.84. The van der Waals surface area contributed by atoms with E-state index in [4.69, 9.17) is 0 Å². The Balaban J connectivity index is 1.93. The van der Waals surface area contributed by atoms with Gasteiger partial charge >= 0.3 is 0 Å². The zero-order valence-corrected chi connectivity index (χ0v) is 11.8. The van der Waals surface area contributed by atoms with Crippen molar-refractivity contribution in [1.82, 2.24) is 0 Å². The van der Waals surface area contributed by atoms with Gasteiger partial charge in [0.25, 0.3) is 0 Å². The van der Waals surface area contributed by atoms with Crippen LogP contribution in [0.5, 0.6) is 0 Å². The molecular formula is C19H14S. The number of allylic oxidation sites excluding steroid dienone is 5. The number of rotatable bonds is 1. The van der Waals surface area contributed by atoms with Gasteiger partial charge in [0.2, 0.25) is 0 Å². The van der Waals surface area contributed by atoms with Gasteiger partial charge < -0.3 is 0 Å². The van der Waals surface area contributed by atoms with Gasteiger partial charge in [0.15, 0.2) is 0 Å². The number of thioether (sulfide) groups is 1. The molecule has 0 spiro atoms. The predicted octanol–water partition coefficient (Wildman–Crippen LogP) is 5.41. The summed E-state index contributed by atoms with van der Waals surface area (Å²) in [6, 6.07) is 19.4. The summed E-state index contributed by atoms with van der Waals surface area (Å²) in [6.45, 7) is 0. The molecule has 1 aliphatic carbocycles. The molecule has 1 heteroatoms. The van der Waals surface area contributed by atoms with E-state index in [2.05, 4.69) is 78.9 Å². The number of hydrogen-bond donors (Lipinski definition) is 0. The van der Waals surface area contributed by atoms with Gasteiger partial charge in [-0.25, -0.2) is 0 Å². The lowest BCUT2D eigenvalue weighted by molar-refractivity contribution is 0.977. The van der Waals surface area contributed by atoms with Crippen molar-refractivity contribution in [3.8, 4) is 0 Å². The van der Waals surface area contributed by atoms with E-state index >= 15 is 0 Å². The van der Waals surface area contributed by atoms with E-state index < -0.39 is 0 Å². The maximum Gasteiger partial charge on any atom is 0.0295 e. The van der Waals surface area contributed by atoms with Crippen molar-refractivity contribution in [3.63, 3.8) is 0 Å². The molecule has 1 atom stereocenters. The van der Waals surface area contributed by atoms with Crippen LogP contribution < -0.4 is 0 Å². The van der Waals surface area contributed by atoms with Crippen LogP contribution in [0.4, 0.5) is 0 Å².